The Balaban J connectivity index is 2.26. The van der Waals surface area contributed by atoms with Gasteiger partial charge in [0.1, 0.15) is 24.5 Å². The molecule has 23 heavy (non-hydrogen) atoms. The van der Waals surface area contributed by atoms with Gasteiger partial charge in [-0.15, -0.1) is 0 Å². The summed E-state index contributed by atoms with van der Waals surface area (Å²) in [5.74, 6) is -2.27. The Bertz CT molecular complexity index is 905. The van der Waals surface area contributed by atoms with Crippen molar-refractivity contribution in [3.63, 3.8) is 0 Å². The molecule has 2 aromatic rings. The standard InChI is InChI=1S/C14H11BrN2O6/c15-7-2-1-6-10-12(7)23-4-3-17(10)14(22)9(11(6)20)13(21)16-5-8(18)19/h1-2,20H,3-5H2,(H,16,21)(H,18,19). The van der Waals surface area contributed by atoms with Crippen molar-refractivity contribution in [1.29, 1.82) is 0 Å². The number of pyridine rings is 1. The summed E-state index contributed by atoms with van der Waals surface area (Å²) in [6, 6.07) is 3.19. The fourth-order valence-electron chi connectivity index (χ4n) is 2.52. The number of aromatic nitrogens is 1. The van der Waals surface area contributed by atoms with Gasteiger partial charge in [0.15, 0.2) is 5.75 Å². The molecule has 0 unspecified atom stereocenters. The van der Waals surface area contributed by atoms with E-state index in [2.05, 4.69) is 21.2 Å². The molecule has 0 spiro atoms. The third-order valence-electron chi connectivity index (χ3n) is 3.49. The summed E-state index contributed by atoms with van der Waals surface area (Å²) in [6.07, 6.45) is 0. The summed E-state index contributed by atoms with van der Waals surface area (Å²) in [6.45, 7) is -0.186. The van der Waals surface area contributed by atoms with Crippen molar-refractivity contribution in [2.45, 2.75) is 6.54 Å². The second-order valence-electron chi connectivity index (χ2n) is 4.88. The van der Waals surface area contributed by atoms with E-state index in [9.17, 15) is 19.5 Å². The predicted octanol–water partition coefficient (Wildman–Crippen LogP) is 0.676. The molecule has 1 aromatic heterocycles. The lowest BCUT2D eigenvalue weighted by Gasteiger charge is -2.22. The van der Waals surface area contributed by atoms with Gasteiger partial charge < -0.3 is 24.8 Å². The number of carboxylic acid groups (broad SMARTS) is 1. The van der Waals surface area contributed by atoms with Crippen molar-refractivity contribution in [2.24, 2.45) is 0 Å². The zero-order chi connectivity index (χ0) is 16.7. The van der Waals surface area contributed by atoms with Gasteiger partial charge in [0.2, 0.25) is 0 Å². The smallest absolute Gasteiger partial charge is 0.322 e. The van der Waals surface area contributed by atoms with Crippen molar-refractivity contribution in [3.8, 4) is 11.5 Å². The number of hydrogen-bond donors (Lipinski definition) is 3. The highest BCUT2D eigenvalue weighted by molar-refractivity contribution is 9.10. The van der Waals surface area contributed by atoms with Crippen molar-refractivity contribution in [3.05, 3.63) is 32.5 Å². The highest BCUT2D eigenvalue weighted by Crippen LogP contribution is 2.39. The molecule has 0 fully saturated rings. The van der Waals surface area contributed by atoms with E-state index >= 15 is 0 Å². The van der Waals surface area contributed by atoms with Crippen LogP contribution in [0.15, 0.2) is 21.4 Å². The molecule has 3 N–H and O–H groups in total. The molecule has 0 saturated heterocycles. The number of aliphatic carboxylic acids is 1. The van der Waals surface area contributed by atoms with Crippen LogP contribution >= 0.6 is 15.9 Å². The quantitative estimate of drug-likeness (QED) is 0.718. The number of halogens is 1. The number of ether oxygens (including phenoxy) is 1. The van der Waals surface area contributed by atoms with Gasteiger partial charge in [0.25, 0.3) is 11.5 Å². The number of nitrogens with one attached hydrogen (secondary N) is 1. The first-order valence-corrected chi connectivity index (χ1v) is 7.42. The number of carbonyl (C=O) groups is 2. The van der Waals surface area contributed by atoms with E-state index in [1.807, 2.05) is 0 Å². The highest BCUT2D eigenvalue weighted by Gasteiger charge is 2.27. The van der Waals surface area contributed by atoms with Crippen LogP contribution in [0.25, 0.3) is 10.9 Å². The molecule has 1 aliphatic rings. The van der Waals surface area contributed by atoms with Gasteiger partial charge in [-0.3, -0.25) is 14.4 Å². The molecule has 3 rings (SSSR count). The van der Waals surface area contributed by atoms with Gasteiger partial charge in [-0.25, -0.2) is 0 Å². The average molecular weight is 383 g/mol. The Morgan fingerprint density at radius 2 is 2.13 bits per heavy atom. The van der Waals surface area contributed by atoms with Crippen LogP contribution in [0.5, 0.6) is 11.5 Å². The van der Waals surface area contributed by atoms with E-state index in [-0.39, 0.29) is 18.5 Å². The van der Waals surface area contributed by atoms with Crippen molar-refractivity contribution < 1.29 is 24.5 Å². The molecule has 0 aliphatic carbocycles. The summed E-state index contributed by atoms with van der Waals surface area (Å²) in [5, 5.41) is 21.3. The lowest BCUT2D eigenvalue weighted by molar-refractivity contribution is -0.135. The van der Waals surface area contributed by atoms with Crippen LogP contribution in [0, 0.1) is 0 Å². The number of nitrogens with zero attached hydrogens (tertiary/aromatic N) is 1. The summed E-state index contributed by atoms with van der Waals surface area (Å²) in [5.41, 5.74) is -0.780. The fraction of sp³-hybridized carbons (Fsp3) is 0.214. The Morgan fingerprint density at radius 3 is 2.83 bits per heavy atom. The van der Waals surface area contributed by atoms with Crippen LogP contribution < -0.4 is 15.6 Å². The van der Waals surface area contributed by atoms with Gasteiger partial charge >= 0.3 is 5.97 Å². The summed E-state index contributed by atoms with van der Waals surface area (Å²) in [7, 11) is 0. The third kappa shape index (κ3) is 2.42. The van der Waals surface area contributed by atoms with Gasteiger partial charge in [-0.2, -0.15) is 0 Å². The first-order valence-electron chi connectivity index (χ1n) is 6.62. The summed E-state index contributed by atoms with van der Waals surface area (Å²) >= 11 is 3.32. The number of carboxylic acids is 1. The molecule has 2 heterocycles. The van der Waals surface area contributed by atoms with Crippen LogP contribution in [-0.2, 0) is 11.3 Å². The zero-order valence-corrected chi connectivity index (χ0v) is 13.2. The molecule has 0 bridgehead atoms. The van der Waals surface area contributed by atoms with Gasteiger partial charge in [0.05, 0.1) is 16.5 Å². The number of amides is 1. The van der Waals surface area contributed by atoms with E-state index in [0.29, 0.717) is 15.7 Å². The monoisotopic (exact) mass is 382 g/mol. The van der Waals surface area contributed by atoms with Gasteiger partial charge in [0, 0.05) is 5.39 Å². The third-order valence-corrected chi connectivity index (χ3v) is 4.12. The topological polar surface area (TPSA) is 118 Å². The van der Waals surface area contributed by atoms with Crippen LogP contribution in [-0.4, -0.2) is 39.8 Å². The van der Waals surface area contributed by atoms with E-state index in [0.717, 1.165) is 0 Å². The molecular formula is C14H11BrN2O6. The van der Waals surface area contributed by atoms with E-state index in [4.69, 9.17) is 9.84 Å². The second-order valence-corrected chi connectivity index (χ2v) is 5.73. The number of hydrogen-bond acceptors (Lipinski definition) is 5. The lowest BCUT2D eigenvalue weighted by Crippen LogP contribution is -2.37. The normalized spacial score (nSPS) is 12.7. The highest BCUT2D eigenvalue weighted by atomic mass is 79.9. The lowest BCUT2D eigenvalue weighted by atomic mass is 10.1. The Labute approximate surface area is 137 Å². The maximum Gasteiger partial charge on any atom is 0.322 e. The molecule has 1 amide bonds. The molecular weight excluding hydrogens is 372 g/mol. The van der Waals surface area contributed by atoms with Crippen LogP contribution in [0.4, 0.5) is 0 Å². The largest absolute Gasteiger partial charge is 0.506 e. The average Bonchev–Trinajstić information content (AvgIpc) is 2.52. The Morgan fingerprint density at radius 1 is 1.39 bits per heavy atom. The number of carbonyl (C=O) groups excluding carboxylic acids is 1. The minimum Gasteiger partial charge on any atom is -0.506 e. The maximum atomic E-state index is 12.5. The fourth-order valence-corrected chi connectivity index (χ4v) is 2.95. The van der Waals surface area contributed by atoms with E-state index in [1.165, 1.54) is 4.57 Å². The summed E-state index contributed by atoms with van der Waals surface area (Å²) in [4.78, 5) is 35.2. The van der Waals surface area contributed by atoms with Crippen molar-refractivity contribution >= 4 is 38.7 Å². The van der Waals surface area contributed by atoms with Crippen LogP contribution in [0.3, 0.4) is 0 Å². The van der Waals surface area contributed by atoms with Crippen molar-refractivity contribution in [2.75, 3.05) is 13.2 Å². The first kappa shape index (κ1) is 15.3. The minimum absolute atomic E-state index is 0.221. The molecule has 120 valence electrons. The summed E-state index contributed by atoms with van der Waals surface area (Å²) < 4.78 is 7.49. The van der Waals surface area contributed by atoms with Crippen LogP contribution in [0.1, 0.15) is 10.4 Å². The predicted molar refractivity (Wildman–Crippen MR) is 83.0 cm³/mol. The van der Waals surface area contributed by atoms with E-state index < -0.39 is 35.3 Å². The molecule has 0 radical (unpaired) electrons. The number of rotatable bonds is 3. The first-order chi connectivity index (χ1) is 10.9. The Kier molecular flexibility index (Phi) is 3.72. The number of aromatic hydroxyl groups is 1. The molecule has 0 atom stereocenters. The Hall–Kier alpha value is -2.55. The minimum atomic E-state index is -1.25. The molecule has 8 nitrogen and oxygen atoms in total. The van der Waals surface area contributed by atoms with Gasteiger partial charge in [-0.05, 0) is 28.1 Å². The molecule has 1 aromatic carbocycles. The van der Waals surface area contributed by atoms with Gasteiger partial charge in [-0.1, -0.05) is 0 Å². The second kappa shape index (κ2) is 5.58. The zero-order valence-electron chi connectivity index (χ0n) is 11.6. The maximum absolute atomic E-state index is 12.5. The molecule has 1 aliphatic heterocycles. The number of benzene rings is 1. The van der Waals surface area contributed by atoms with E-state index in [1.54, 1.807) is 12.1 Å². The van der Waals surface area contributed by atoms with Crippen LogP contribution in [0.2, 0.25) is 0 Å². The molecule has 9 heteroatoms. The molecule has 0 saturated carbocycles. The SMILES string of the molecule is O=C(O)CNC(=O)c1c(O)c2ccc(Br)c3c2n(c1=O)CCO3. The van der Waals surface area contributed by atoms with Crippen molar-refractivity contribution in [1.82, 2.24) is 9.88 Å².